The summed E-state index contributed by atoms with van der Waals surface area (Å²) in [5.74, 6) is 1.21. The highest BCUT2D eigenvalue weighted by molar-refractivity contribution is 5.79. The summed E-state index contributed by atoms with van der Waals surface area (Å²) in [6, 6.07) is 6.29. The van der Waals surface area contributed by atoms with Crippen LogP contribution in [-0.2, 0) is 22.4 Å². The molecular weight excluding hydrogens is 399 g/mol. The van der Waals surface area contributed by atoms with Gasteiger partial charge in [0.05, 0.1) is 6.42 Å². The Balaban J connectivity index is 1.35. The summed E-state index contributed by atoms with van der Waals surface area (Å²) in [6.07, 6.45) is 5.60. The lowest BCUT2D eigenvalue weighted by molar-refractivity contribution is -0.138. The predicted octanol–water partition coefficient (Wildman–Crippen LogP) is 3.10. The zero-order valence-electron chi connectivity index (χ0n) is 17.9. The lowest BCUT2D eigenvalue weighted by atomic mass is 9.85. The molecule has 1 unspecified atom stereocenters. The SMILES string of the molecule is CC(=O)N(CCc1noc(C2CCC2)n1)C1CCCN(C(=O)Cc2ccccc2F)C1. The molecule has 7 nitrogen and oxygen atoms in total. The smallest absolute Gasteiger partial charge is 0.229 e. The first kappa shape index (κ1) is 21.5. The summed E-state index contributed by atoms with van der Waals surface area (Å²) in [7, 11) is 0. The van der Waals surface area contributed by atoms with Crippen molar-refractivity contribution in [1.29, 1.82) is 0 Å². The average Bonchev–Trinajstić information content (AvgIpc) is 3.16. The van der Waals surface area contributed by atoms with Gasteiger partial charge in [-0.1, -0.05) is 29.8 Å². The number of hydrogen-bond acceptors (Lipinski definition) is 5. The van der Waals surface area contributed by atoms with Gasteiger partial charge in [0, 0.05) is 44.9 Å². The van der Waals surface area contributed by atoms with E-state index in [-0.39, 0.29) is 30.1 Å². The van der Waals surface area contributed by atoms with Gasteiger partial charge in [-0.2, -0.15) is 4.98 Å². The Morgan fingerprint density at radius 3 is 2.74 bits per heavy atom. The number of carbonyl (C=O) groups is 2. The second-order valence-electron chi connectivity index (χ2n) is 8.54. The zero-order chi connectivity index (χ0) is 21.8. The van der Waals surface area contributed by atoms with Gasteiger partial charge in [-0.25, -0.2) is 4.39 Å². The van der Waals surface area contributed by atoms with E-state index in [1.165, 1.54) is 12.5 Å². The molecule has 4 rings (SSSR count). The number of likely N-dealkylation sites (tertiary alicyclic amines) is 1. The van der Waals surface area contributed by atoms with Crippen molar-refractivity contribution in [2.24, 2.45) is 0 Å². The van der Waals surface area contributed by atoms with Gasteiger partial charge in [0.25, 0.3) is 0 Å². The van der Waals surface area contributed by atoms with E-state index in [9.17, 15) is 14.0 Å². The number of hydrogen-bond donors (Lipinski definition) is 0. The molecule has 31 heavy (non-hydrogen) atoms. The molecule has 1 aliphatic carbocycles. The summed E-state index contributed by atoms with van der Waals surface area (Å²) in [5.41, 5.74) is 0.400. The summed E-state index contributed by atoms with van der Waals surface area (Å²) < 4.78 is 19.3. The van der Waals surface area contributed by atoms with Crippen LogP contribution in [0.1, 0.15) is 62.2 Å². The largest absolute Gasteiger partial charge is 0.340 e. The molecule has 2 amide bonds. The van der Waals surface area contributed by atoms with E-state index in [4.69, 9.17) is 4.52 Å². The van der Waals surface area contributed by atoms with Gasteiger partial charge in [-0.15, -0.1) is 0 Å². The van der Waals surface area contributed by atoms with Crippen LogP contribution in [0.5, 0.6) is 0 Å². The minimum atomic E-state index is -0.365. The number of piperidine rings is 1. The molecule has 1 aromatic carbocycles. The van der Waals surface area contributed by atoms with Crippen LogP contribution in [0.3, 0.4) is 0 Å². The lowest BCUT2D eigenvalue weighted by Gasteiger charge is -2.39. The predicted molar refractivity (Wildman–Crippen MR) is 112 cm³/mol. The van der Waals surface area contributed by atoms with Crippen molar-refractivity contribution in [3.63, 3.8) is 0 Å². The molecule has 1 atom stereocenters. The fraction of sp³-hybridized carbons (Fsp3) is 0.565. The topological polar surface area (TPSA) is 79.5 Å². The van der Waals surface area contributed by atoms with Crippen LogP contribution in [-0.4, -0.2) is 57.4 Å². The minimum Gasteiger partial charge on any atom is -0.340 e. The third kappa shape index (κ3) is 5.11. The molecule has 2 aliphatic rings. The second kappa shape index (κ2) is 9.58. The average molecular weight is 429 g/mol. The Labute approximate surface area is 181 Å². The van der Waals surface area contributed by atoms with E-state index in [0.29, 0.717) is 49.3 Å². The highest BCUT2D eigenvalue weighted by Gasteiger charge is 2.30. The first-order chi connectivity index (χ1) is 15.0. The molecule has 2 heterocycles. The standard InChI is InChI=1S/C23H29FN4O3/c1-16(29)28(13-11-21-25-23(31-26-21)17-7-4-8-17)19-9-5-12-27(15-19)22(30)14-18-6-2-3-10-20(18)24/h2-3,6,10,17,19H,4-5,7-9,11-15H2,1H3. The normalized spacial score (nSPS) is 19.2. The Kier molecular flexibility index (Phi) is 6.63. The maximum Gasteiger partial charge on any atom is 0.229 e. The Morgan fingerprint density at radius 1 is 1.23 bits per heavy atom. The van der Waals surface area contributed by atoms with Gasteiger partial charge in [0.1, 0.15) is 5.82 Å². The van der Waals surface area contributed by atoms with E-state index in [0.717, 1.165) is 25.7 Å². The summed E-state index contributed by atoms with van der Waals surface area (Å²) in [5, 5.41) is 4.07. The van der Waals surface area contributed by atoms with Crippen molar-refractivity contribution in [3.8, 4) is 0 Å². The third-order valence-electron chi connectivity index (χ3n) is 6.41. The molecule has 166 valence electrons. The van der Waals surface area contributed by atoms with Crippen molar-refractivity contribution in [2.45, 2.75) is 63.8 Å². The molecule has 1 saturated heterocycles. The third-order valence-corrected chi connectivity index (χ3v) is 6.41. The van der Waals surface area contributed by atoms with Crippen molar-refractivity contribution < 1.29 is 18.5 Å². The van der Waals surface area contributed by atoms with Crippen LogP contribution in [0.25, 0.3) is 0 Å². The van der Waals surface area contributed by atoms with Gasteiger partial charge in [0.2, 0.25) is 17.7 Å². The monoisotopic (exact) mass is 428 g/mol. The Bertz CT molecular complexity index is 927. The molecule has 1 saturated carbocycles. The molecular formula is C23H29FN4O3. The first-order valence-corrected chi connectivity index (χ1v) is 11.1. The van der Waals surface area contributed by atoms with Gasteiger partial charge in [-0.05, 0) is 37.3 Å². The zero-order valence-corrected chi connectivity index (χ0v) is 17.9. The number of nitrogens with zero attached hydrogens (tertiary/aromatic N) is 4. The fourth-order valence-electron chi connectivity index (χ4n) is 4.36. The van der Waals surface area contributed by atoms with Gasteiger partial charge in [-0.3, -0.25) is 9.59 Å². The molecule has 0 spiro atoms. The molecule has 0 N–H and O–H groups in total. The number of aromatic nitrogens is 2. The Morgan fingerprint density at radius 2 is 2.03 bits per heavy atom. The first-order valence-electron chi connectivity index (χ1n) is 11.1. The van der Waals surface area contributed by atoms with E-state index in [1.807, 2.05) is 4.90 Å². The van der Waals surface area contributed by atoms with Gasteiger partial charge < -0.3 is 14.3 Å². The molecule has 0 bridgehead atoms. The van der Waals surface area contributed by atoms with Crippen molar-refractivity contribution >= 4 is 11.8 Å². The van der Waals surface area contributed by atoms with Crippen LogP contribution in [0.4, 0.5) is 4.39 Å². The van der Waals surface area contributed by atoms with Crippen LogP contribution in [0.2, 0.25) is 0 Å². The second-order valence-corrected chi connectivity index (χ2v) is 8.54. The number of benzene rings is 1. The van der Waals surface area contributed by atoms with E-state index >= 15 is 0 Å². The highest BCUT2D eigenvalue weighted by Crippen LogP contribution is 2.35. The lowest BCUT2D eigenvalue weighted by Crippen LogP contribution is -2.52. The van der Waals surface area contributed by atoms with Crippen molar-refractivity contribution in [2.75, 3.05) is 19.6 Å². The fourth-order valence-corrected chi connectivity index (χ4v) is 4.36. The van der Waals surface area contributed by atoms with Crippen molar-refractivity contribution in [3.05, 3.63) is 47.4 Å². The number of carbonyl (C=O) groups excluding carboxylic acids is 2. The highest BCUT2D eigenvalue weighted by atomic mass is 19.1. The van der Waals surface area contributed by atoms with Crippen LogP contribution in [0, 0.1) is 5.82 Å². The van der Waals surface area contributed by atoms with Crippen LogP contribution < -0.4 is 0 Å². The molecule has 1 aromatic heterocycles. The van der Waals surface area contributed by atoms with Crippen LogP contribution >= 0.6 is 0 Å². The maximum absolute atomic E-state index is 13.9. The summed E-state index contributed by atoms with van der Waals surface area (Å²) >= 11 is 0. The van der Waals surface area contributed by atoms with Crippen molar-refractivity contribution in [1.82, 2.24) is 19.9 Å². The minimum absolute atomic E-state index is 0.0314. The quantitative estimate of drug-likeness (QED) is 0.677. The van der Waals surface area contributed by atoms with Gasteiger partial charge in [0.15, 0.2) is 5.82 Å². The molecule has 1 aliphatic heterocycles. The number of halogens is 1. The van der Waals surface area contributed by atoms with Gasteiger partial charge >= 0.3 is 0 Å². The number of amides is 2. The molecule has 0 radical (unpaired) electrons. The summed E-state index contributed by atoms with van der Waals surface area (Å²) in [4.78, 5) is 33.2. The maximum atomic E-state index is 13.9. The van der Waals surface area contributed by atoms with Crippen LogP contribution in [0.15, 0.2) is 28.8 Å². The van der Waals surface area contributed by atoms with E-state index in [2.05, 4.69) is 10.1 Å². The van der Waals surface area contributed by atoms with E-state index in [1.54, 1.807) is 30.0 Å². The summed E-state index contributed by atoms with van der Waals surface area (Å²) in [6.45, 7) is 3.13. The molecule has 8 heteroatoms. The molecule has 2 fully saturated rings. The Hall–Kier alpha value is -2.77. The number of rotatable bonds is 7. The molecule has 2 aromatic rings. The van der Waals surface area contributed by atoms with E-state index < -0.39 is 0 Å².